The molecule has 1 amide bonds. The van der Waals surface area contributed by atoms with Gasteiger partial charge in [-0.25, -0.2) is 14.4 Å². The minimum absolute atomic E-state index is 0.0586. The van der Waals surface area contributed by atoms with Crippen molar-refractivity contribution in [2.45, 2.75) is 25.6 Å². The second kappa shape index (κ2) is 6.21. The molecule has 4 heterocycles. The van der Waals surface area contributed by atoms with Crippen molar-refractivity contribution in [1.82, 2.24) is 24.6 Å². The molecule has 2 saturated heterocycles. The summed E-state index contributed by atoms with van der Waals surface area (Å²) in [5.74, 6) is 1.10. The molecule has 8 nitrogen and oxygen atoms in total. The van der Waals surface area contributed by atoms with Crippen molar-refractivity contribution in [3.8, 4) is 0 Å². The Hall–Kier alpha value is -2.29. The molecule has 4 rings (SSSR count). The van der Waals surface area contributed by atoms with Crippen molar-refractivity contribution in [2.75, 3.05) is 37.7 Å². The van der Waals surface area contributed by atoms with Gasteiger partial charge in [-0.2, -0.15) is 5.10 Å². The van der Waals surface area contributed by atoms with E-state index in [1.54, 1.807) is 34.6 Å². The zero-order valence-corrected chi connectivity index (χ0v) is 14.4. The fourth-order valence-electron chi connectivity index (χ4n) is 3.58. The van der Waals surface area contributed by atoms with Gasteiger partial charge in [-0.15, -0.1) is 0 Å². The van der Waals surface area contributed by atoms with Crippen LogP contribution in [0.3, 0.4) is 0 Å². The third-order valence-corrected chi connectivity index (χ3v) is 4.81. The number of alkyl halides is 1. The van der Waals surface area contributed by atoms with E-state index in [0.29, 0.717) is 43.6 Å². The first-order chi connectivity index (χ1) is 12.0. The predicted molar refractivity (Wildman–Crippen MR) is 89.1 cm³/mol. The number of aromatic nitrogens is 4. The van der Waals surface area contributed by atoms with Gasteiger partial charge in [-0.05, 0) is 6.92 Å². The van der Waals surface area contributed by atoms with E-state index in [2.05, 4.69) is 15.1 Å². The van der Waals surface area contributed by atoms with Crippen LogP contribution in [0, 0.1) is 6.92 Å². The fraction of sp³-hybridized carbons (Fsp3) is 0.625. The van der Waals surface area contributed by atoms with Gasteiger partial charge in [0.25, 0.3) is 0 Å². The van der Waals surface area contributed by atoms with E-state index < -0.39 is 12.2 Å². The van der Waals surface area contributed by atoms with Crippen molar-refractivity contribution in [3.05, 3.63) is 12.0 Å². The topological polar surface area (TPSA) is 76.4 Å². The smallest absolute Gasteiger partial charge is 0.245 e. The first-order valence-corrected chi connectivity index (χ1v) is 8.48. The molecule has 0 saturated carbocycles. The maximum absolute atomic E-state index is 14.2. The van der Waals surface area contributed by atoms with E-state index in [4.69, 9.17) is 4.74 Å². The minimum atomic E-state index is -1.06. The molecule has 0 radical (unpaired) electrons. The quantitative estimate of drug-likeness (QED) is 0.784. The second-order valence-corrected chi connectivity index (χ2v) is 6.54. The lowest BCUT2D eigenvalue weighted by molar-refractivity contribution is -0.136. The Balaban J connectivity index is 1.71. The molecule has 2 fully saturated rings. The van der Waals surface area contributed by atoms with Gasteiger partial charge < -0.3 is 14.5 Å². The van der Waals surface area contributed by atoms with Gasteiger partial charge >= 0.3 is 0 Å². The molecule has 0 spiro atoms. The van der Waals surface area contributed by atoms with Crippen LogP contribution in [-0.4, -0.2) is 75.6 Å². The maximum atomic E-state index is 14.2. The molecule has 2 aromatic rings. The molecule has 0 aromatic carbocycles. The van der Waals surface area contributed by atoms with Crippen LogP contribution in [0.4, 0.5) is 10.2 Å². The first kappa shape index (κ1) is 16.2. The number of aryl methyl sites for hydroxylation is 2. The Morgan fingerprint density at radius 1 is 1.32 bits per heavy atom. The summed E-state index contributed by atoms with van der Waals surface area (Å²) in [6.07, 6.45) is 0.796. The van der Waals surface area contributed by atoms with E-state index in [-0.39, 0.29) is 18.9 Å². The highest BCUT2D eigenvalue weighted by Crippen LogP contribution is 2.32. The van der Waals surface area contributed by atoms with Crippen LogP contribution in [0.1, 0.15) is 12.2 Å². The third-order valence-electron chi connectivity index (χ3n) is 4.81. The number of hydrogen-bond donors (Lipinski definition) is 0. The van der Waals surface area contributed by atoms with Crippen LogP contribution < -0.4 is 4.90 Å². The predicted octanol–water partition coefficient (Wildman–Crippen LogP) is 0.447. The standard InChI is InChI=1S/C16H21FN6O2/c1-10-19-14-12(8-18-21(14)2)15(20-10)23-9-11(17)7-13(23)16(24)22-3-5-25-6-4-22/h8,11,13H,3-7,9H2,1-2H3/t11-,13+/m1/s1. The number of morpholine rings is 1. The highest BCUT2D eigenvalue weighted by molar-refractivity contribution is 5.92. The number of ether oxygens (including phenoxy) is 1. The molecule has 25 heavy (non-hydrogen) atoms. The summed E-state index contributed by atoms with van der Waals surface area (Å²) in [4.78, 5) is 25.4. The average Bonchev–Trinajstić information content (AvgIpc) is 3.18. The molecule has 0 aliphatic carbocycles. The van der Waals surface area contributed by atoms with Crippen molar-refractivity contribution >= 4 is 22.8 Å². The second-order valence-electron chi connectivity index (χ2n) is 6.54. The number of hydrogen-bond acceptors (Lipinski definition) is 6. The Labute approximate surface area is 144 Å². The molecule has 2 aliphatic heterocycles. The summed E-state index contributed by atoms with van der Waals surface area (Å²) in [7, 11) is 1.80. The normalized spacial score (nSPS) is 24.3. The Bertz CT molecular complexity index is 803. The number of nitrogens with zero attached hydrogens (tertiary/aromatic N) is 6. The third kappa shape index (κ3) is 2.82. The van der Waals surface area contributed by atoms with E-state index in [0.717, 1.165) is 5.39 Å². The largest absolute Gasteiger partial charge is 0.378 e. The number of halogens is 1. The lowest BCUT2D eigenvalue weighted by atomic mass is 10.1. The molecule has 2 atom stereocenters. The molecule has 2 aliphatic rings. The van der Waals surface area contributed by atoms with Crippen LogP contribution in [0.5, 0.6) is 0 Å². The van der Waals surface area contributed by atoms with Gasteiger partial charge in [-0.1, -0.05) is 0 Å². The molecule has 0 bridgehead atoms. The Morgan fingerprint density at radius 2 is 2.08 bits per heavy atom. The summed E-state index contributed by atoms with van der Waals surface area (Å²) < 4.78 is 21.2. The van der Waals surface area contributed by atoms with Gasteiger partial charge in [0.15, 0.2) is 5.65 Å². The molecule has 0 unspecified atom stereocenters. The van der Waals surface area contributed by atoms with Crippen molar-refractivity contribution in [2.24, 2.45) is 7.05 Å². The summed E-state index contributed by atoms with van der Waals surface area (Å²) in [6.45, 7) is 4.09. The van der Waals surface area contributed by atoms with E-state index in [1.165, 1.54) is 0 Å². The summed E-state index contributed by atoms with van der Waals surface area (Å²) >= 11 is 0. The van der Waals surface area contributed by atoms with Crippen LogP contribution >= 0.6 is 0 Å². The van der Waals surface area contributed by atoms with Crippen LogP contribution in [-0.2, 0) is 16.6 Å². The molecule has 0 N–H and O–H groups in total. The zero-order valence-electron chi connectivity index (χ0n) is 14.4. The molecular formula is C16H21FN6O2. The number of carbonyl (C=O) groups excluding carboxylic acids is 1. The number of anilines is 1. The fourth-order valence-corrected chi connectivity index (χ4v) is 3.58. The average molecular weight is 348 g/mol. The highest BCUT2D eigenvalue weighted by atomic mass is 19.1. The van der Waals surface area contributed by atoms with Gasteiger partial charge in [0, 0.05) is 26.6 Å². The van der Waals surface area contributed by atoms with Crippen molar-refractivity contribution in [1.29, 1.82) is 0 Å². The summed E-state index contributed by atoms with van der Waals surface area (Å²) in [5.41, 5.74) is 0.683. The Morgan fingerprint density at radius 3 is 2.84 bits per heavy atom. The maximum Gasteiger partial charge on any atom is 0.245 e. The lowest BCUT2D eigenvalue weighted by Crippen LogP contribution is -2.50. The van der Waals surface area contributed by atoms with Gasteiger partial charge in [0.2, 0.25) is 5.91 Å². The molecular weight excluding hydrogens is 327 g/mol. The van der Waals surface area contributed by atoms with Crippen LogP contribution in [0.2, 0.25) is 0 Å². The van der Waals surface area contributed by atoms with Crippen molar-refractivity contribution in [3.63, 3.8) is 0 Å². The van der Waals surface area contributed by atoms with Crippen LogP contribution in [0.15, 0.2) is 6.20 Å². The highest BCUT2D eigenvalue weighted by Gasteiger charge is 2.41. The van der Waals surface area contributed by atoms with E-state index >= 15 is 0 Å². The van der Waals surface area contributed by atoms with Gasteiger partial charge in [-0.3, -0.25) is 9.48 Å². The minimum Gasteiger partial charge on any atom is -0.378 e. The Kier molecular flexibility index (Phi) is 4.03. The molecule has 2 aromatic heterocycles. The summed E-state index contributed by atoms with van der Waals surface area (Å²) in [6, 6.07) is -0.550. The van der Waals surface area contributed by atoms with E-state index in [1.807, 2.05) is 0 Å². The molecule has 134 valence electrons. The van der Waals surface area contributed by atoms with Gasteiger partial charge in [0.1, 0.15) is 23.9 Å². The first-order valence-electron chi connectivity index (χ1n) is 8.48. The monoisotopic (exact) mass is 348 g/mol. The van der Waals surface area contributed by atoms with E-state index in [9.17, 15) is 9.18 Å². The number of carbonyl (C=O) groups is 1. The number of rotatable bonds is 2. The van der Waals surface area contributed by atoms with Crippen LogP contribution in [0.25, 0.3) is 11.0 Å². The van der Waals surface area contributed by atoms with Gasteiger partial charge in [0.05, 0.1) is 31.3 Å². The lowest BCUT2D eigenvalue weighted by Gasteiger charge is -2.33. The zero-order chi connectivity index (χ0) is 17.6. The number of fused-ring (bicyclic) bond motifs is 1. The summed E-state index contributed by atoms with van der Waals surface area (Å²) in [5, 5.41) is 4.97. The number of amides is 1. The molecule has 9 heteroatoms. The van der Waals surface area contributed by atoms with Crippen molar-refractivity contribution < 1.29 is 13.9 Å². The SMILES string of the molecule is Cc1nc(N2C[C@H](F)C[C@H]2C(=O)N2CCOCC2)c2cnn(C)c2n1.